The Labute approximate surface area is 140 Å². The Morgan fingerprint density at radius 3 is 2.48 bits per heavy atom. The standard InChI is InChI=1S/C16H13F2N5O2/c1-19-15(24)11-8-23-12(6-21-13(23)7-20-11)9-2-4-10(5-3-9)22-16(25)14(17)18/h2-8,14H,1H3,(H,19,24)(H,22,25). The first-order valence-corrected chi connectivity index (χ1v) is 7.24. The van der Waals surface area contributed by atoms with Gasteiger partial charge in [-0.2, -0.15) is 8.78 Å². The highest BCUT2D eigenvalue weighted by atomic mass is 19.3. The quantitative estimate of drug-likeness (QED) is 0.757. The predicted molar refractivity (Wildman–Crippen MR) is 86.4 cm³/mol. The summed E-state index contributed by atoms with van der Waals surface area (Å²) in [5, 5.41) is 4.60. The molecule has 0 fully saturated rings. The summed E-state index contributed by atoms with van der Waals surface area (Å²) in [7, 11) is 1.51. The summed E-state index contributed by atoms with van der Waals surface area (Å²) in [5.74, 6) is -1.68. The minimum Gasteiger partial charge on any atom is -0.354 e. The second-order valence-corrected chi connectivity index (χ2v) is 5.09. The molecule has 2 aromatic heterocycles. The van der Waals surface area contributed by atoms with Crippen LogP contribution in [-0.2, 0) is 4.79 Å². The second kappa shape index (κ2) is 6.63. The maximum atomic E-state index is 12.3. The first-order chi connectivity index (χ1) is 12.0. The summed E-state index contributed by atoms with van der Waals surface area (Å²) >= 11 is 0. The summed E-state index contributed by atoms with van der Waals surface area (Å²) in [6.45, 7) is 0. The number of nitrogens with zero attached hydrogens (tertiary/aromatic N) is 3. The van der Waals surface area contributed by atoms with Crippen LogP contribution in [0.5, 0.6) is 0 Å². The molecule has 3 rings (SSSR count). The van der Waals surface area contributed by atoms with E-state index in [1.807, 2.05) is 0 Å². The highest BCUT2D eigenvalue weighted by Crippen LogP contribution is 2.23. The molecule has 0 unspecified atom stereocenters. The number of halogens is 2. The predicted octanol–water partition coefficient (Wildman–Crippen LogP) is 1.96. The first-order valence-electron chi connectivity index (χ1n) is 7.24. The van der Waals surface area contributed by atoms with Crippen LogP contribution in [0.4, 0.5) is 14.5 Å². The highest BCUT2D eigenvalue weighted by Gasteiger charge is 2.15. The van der Waals surface area contributed by atoms with Crippen molar-refractivity contribution in [2.75, 3.05) is 12.4 Å². The topological polar surface area (TPSA) is 88.4 Å². The van der Waals surface area contributed by atoms with Crippen LogP contribution in [0, 0.1) is 0 Å². The molecule has 25 heavy (non-hydrogen) atoms. The number of aromatic nitrogens is 3. The van der Waals surface area contributed by atoms with Gasteiger partial charge in [-0.25, -0.2) is 9.97 Å². The molecule has 1 aromatic carbocycles. The van der Waals surface area contributed by atoms with Crippen molar-refractivity contribution in [3.8, 4) is 11.3 Å². The molecule has 0 saturated heterocycles. The van der Waals surface area contributed by atoms with E-state index in [0.717, 1.165) is 5.56 Å². The summed E-state index contributed by atoms with van der Waals surface area (Å²) in [4.78, 5) is 31.0. The maximum Gasteiger partial charge on any atom is 0.315 e. The van der Waals surface area contributed by atoms with Crippen molar-refractivity contribution in [1.82, 2.24) is 19.7 Å². The molecular formula is C16H13F2N5O2. The molecule has 0 aliphatic heterocycles. The van der Waals surface area contributed by atoms with Gasteiger partial charge in [0.2, 0.25) is 0 Å². The normalized spacial score (nSPS) is 10.9. The number of hydrogen-bond donors (Lipinski definition) is 2. The fourth-order valence-electron chi connectivity index (χ4n) is 2.27. The van der Waals surface area contributed by atoms with Gasteiger partial charge in [-0.05, 0) is 12.1 Å². The summed E-state index contributed by atoms with van der Waals surface area (Å²) in [6, 6.07) is 6.33. The Bertz CT molecular complexity index is 937. The summed E-state index contributed by atoms with van der Waals surface area (Å²) in [6.07, 6.45) is 1.57. The molecule has 2 N–H and O–H groups in total. The van der Waals surface area contributed by atoms with E-state index in [1.54, 1.807) is 28.9 Å². The molecule has 0 aliphatic rings. The van der Waals surface area contributed by atoms with Crippen molar-refractivity contribution < 1.29 is 18.4 Å². The molecule has 0 saturated carbocycles. The van der Waals surface area contributed by atoms with Crippen molar-refractivity contribution >= 4 is 23.1 Å². The minimum absolute atomic E-state index is 0.232. The van der Waals surface area contributed by atoms with Gasteiger partial charge in [0.25, 0.3) is 11.8 Å². The monoisotopic (exact) mass is 345 g/mol. The SMILES string of the molecule is CNC(=O)c1cn2c(-c3ccc(NC(=O)C(F)F)cc3)cnc2cn1. The summed E-state index contributed by atoms with van der Waals surface area (Å²) < 4.78 is 26.2. The molecule has 2 heterocycles. The van der Waals surface area contributed by atoms with Crippen molar-refractivity contribution in [1.29, 1.82) is 0 Å². The Kier molecular flexibility index (Phi) is 4.38. The van der Waals surface area contributed by atoms with E-state index in [-0.39, 0.29) is 17.3 Å². The van der Waals surface area contributed by atoms with Gasteiger partial charge in [0.1, 0.15) is 5.69 Å². The lowest BCUT2D eigenvalue weighted by molar-refractivity contribution is -0.126. The van der Waals surface area contributed by atoms with Crippen LogP contribution in [-0.4, -0.2) is 39.7 Å². The van der Waals surface area contributed by atoms with Crippen LogP contribution in [0.2, 0.25) is 0 Å². The number of rotatable bonds is 4. The van der Waals surface area contributed by atoms with Crippen LogP contribution in [0.1, 0.15) is 10.5 Å². The number of alkyl halides is 2. The lowest BCUT2D eigenvalue weighted by Crippen LogP contribution is -2.20. The Morgan fingerprint density at radius 1 is 1.12 bits per heavy atom. The molecule has 0 bridgehead atoms. The van der Waals surface area contributed by atoms with E-state index >= 15 is 0 Å². The molecule has 9 heteroatoms. The third-order valence-corrected chi connectivity index (χ3v) is 3.50. The van der Waals surface area contributed by atoms with E-state index in [4.69, 9.17) is 0 Å². The van der Waals surface area contributed by atoms with Gasteiger partial charge < -0.3 is 10.6 Å². The molecule has 0 spiro atoms. The third kappa shape index (κ3) is 3.30. The lowest BCUT2D eigenvalue weighted by Gasteiger charge is -2.07. The van der Waals surface area contributed by atoms with Crippen LogP contribution < -0.4 is 10.6 Å². The van der Waals surface area contributed by atoms with Crippen molar-refractivity contribution in [3.63, 3.8) is 0 Å². The van der Waals surface area contributed by atoms with Crippen LogP contribution in [0.15, 0.2) is 42.9 Å². The number of imidazole rings is 1. The fourth-order valence-corrected chi connectivity index (χ4v) is 2.27. The van der Waals surface area contributed by atoms with Crippen LogP contribution >= 0.6 is 0 Å². The lowest BCUT2D eigenvalue weighted by atomic mass is 10.1. The van der Waals surface area contributed by atoms with E-state index in [1.165, 1.54) is 25.4 Å². The molecular weight excluding hydrogens is 332 g/mol. The molecule has 2 amide bonds. The first kappa shape index (κ1) is 16.5. The second-order valence-electron chi connectivity index (χ2n) is 5.09. The minimum atomic E-state index is -3.07. The van der Waals surface area contributed by atoms with Crippen LogP contribution in [0.25, 0.3) is 16.9 Å². The van der Waals surface area contributed by atoms with Crippen LogP contribution in [0.3, 0.4) is 0 Å². The smallest absolute Gasteiger partial charge is 0.315 e. The number of anilines is 1. The molecule has 128 valence electrons. The number of carbonyl (C=O) groups is 2. The molecule has 0 aliphatic carbocycles. The van der Waals surface area contributed by atoms with Gasteiger partial charge in [0, 0.05) is 24.5 Å². The third-order valence-electron chi connectivity index (χ3n) is 3.50. The zero-order valence-corrected chi connectivity index (χ0v) is 13.0. The van der Waals surface area contributed by atoms with Gasteiger partial charge in [-0.1, -0.05) is 12.1 Å². The number of benzene rings is 1. The van der Waals surface area contributed by atoms with Gasteiger partial charge >= 0.3 is 6.43 Å². The maximum absolute atomic E-state index is 12.3. The van der Waals surface area contributed by atoms with Crippen molar-refractivity contribution in [3.05, 3.63) is 48.5 Å². The Hall–Kier alpha value is -3.36. The van der Waals surface area contributed by atoms with E-state index in [9.17, 15) is 18.4 Å². The summed E-state index contributed by atoms with van der Waals surface area (Å²) in [5.41, 5.74) is 2.47. The average molecular weight is 345 g/mol. The zero-order chi connectivity index (χ0) is 18.0. The van der Waals surface area contributed by atoms with Crippen molar-refractivity contribution in [2.45, 2.75) is 6.43 Å². The van der Waals surface area contributed by atoms with Gasteiger partial charge in [0.05, 0.1) is 18.1 Å². The fraction of sp³-hybridized carbons (Fsp3) is 0.125. The van der Waals surface area contributed by atoms with Gasteiger partial charge in [0.15, 0.2) is 5.65 Å². The molecule has 0 radical (unpaired) electrons. The van der Waals surface area contributed by atoms with Gasteiger partial charge in [-0.3, -0.25) is 14.0 Å². The zero-order valence-electron chi connectivity index (χ0n) is 13.0. The molecule has 7 nitrogen and oxygen atoms in total. The molecule has 3 aromatic rings. The van der Waals surface area contributed by atoms with E-state index < -0.39 is 12.3 Å². The molecule has 0 atom stereocenters. The van der Waals surface area contributed by atoms with Gasteiger partial charge in [-0.15, -0.1) is 0 Å². The number of nitrogens with one attached hydrogen (secondary N) is 2. The van der Waals surface area contributed by atoms with E-state index in [0.29, 0.717) is 11.3 Å². The highest BCUT2D eigenvalue weighted by molar-refractivity contribution is 5.93. The average Bonchev–Trinajstić information content (AvgIpc) is 3.04. The van der Waals surface area contributed by atoms with Crippen molar-refractivity contribution in [2.24, 2.45) is 0 Å². The number of hydrogen-bond acceptors (Lipinski definition) is 4. The Morgan fingerprint density at radius 2 is 1.84 bits per heavy atom. The largest absolute Gasteiger partial charge is 0.354 e. The number of fused-ring (bicyclic) bond motifs is 1. The number of carbonyl (C=O) groups excluding carboxylic acids is 2. The Balaban J connectivity index is 1.93. The van der Waals surface area contributed by atoms with E-state index in [2.05, 4.69) is 20.6 Å². The number of amides is 2.